The summed E-state index contributed by atoms with van der Waals surface area (Å²) in [7, 11) is 4.12. The molecule has 0 fully saturated rings. The minimum atomic E-state index is -0.847. The molecule has 0 aliphatic heterocycles. The maximum atomic E-state index is 10.8. The van der Waals surface area contributed by atoms with Gasteiger partial charge < -0.3 is 15.3 Å². The first-order valence-electron chi connectivity index (χ1n) is 6.10. The fourth-order valence-electron chi connectivity index (χ4n) is 1.72. The highest BCUT2D eigenvalue weighted by Crippen LogP contribution is 2.16. The highest BCUT2D eigenvalue weighted by atomic mass is 32.1. The van der Waals surface area contributed by atoms with E-state index in [0.717, 1.165) is 18.0 Å². The number of nitrogens with one attached hydrogen (secondary N) is 1. The summed E-state index contributed by atoms with van der Waals surface area (Å²) < 4.78 is 0. The molecule has 0 bridgehead atoms. The number of hydrogen-bond donors (Lipinski definition) is 2. The zero-order valence-electron chi connectivity index (χ0n) is 11.4. The number of hydrogen-bond acceptors (Lipinski definition) is 4. The van der Waals surface area contributed by atoms with E-state index in [4.69, 9.17) is 5.11 Å². The average Bonchev–Trinajstić information content (AvgIpc) is 2.72. The molecule has 1 aromatic rings. The van der Waals surface area contributed by atoms with Crippen molar-refractivity contribution in [2.75, 3.05) is 20.6 Å². The Balaban J connectivity index is 2.53. The van der Waals surface area contributed by atoms with Crippen molar-refractivity contribution in [1.29, 1.82) is 0 Å². The van der Waals surface area contributed by atoms with Crippen LogP contribution >= 0.6 is 11.3 Å². The summed E-state index contributed by atoms with van der Waals surface area (Å²) >= 11 is 1.34. The molecular formula is C13H22N2O2S. The van der Waals surface area contributed by atoms with Gasteiger partial charge >= 0.3 is 5.97 Å². The molecule has 0 aromatic carbocycles. The van der Waals surface area contributed by atoms with Gasteiger partial charge in [0.15, 0.2) is 0 Å². The lowest BCUT2D eigenvalue weighted by Gasteiger charge is -2.25. The second-order valence-electron chi connectivity index (χ2n) is 5.06. The summed E-state index contributed by atoms with van der Waals surface area (Å²) in [5, 5.41) is 12.4. The van der Waals surface area contributed by atoms with Gasteiger partial charge in [0.05, 0.1) is 0 Å². The summed E-state index contributed by atoms with van der Waals surface area (Å²) in [5.41, 5.74) is 0. The van der Waals surface area contributed by atoms with Crippen LogP contribution in [0.1, 0.15) is 28.4 Å². The SMILES string of the molecule is CC(C)C(CN(C)C)NCc1ccc(C(=O)O)s1. The maximum absolute atomic E-state index is 10.8. The molecule has 102 valence electrons. The Kier molecular flexibility index (Phi) is 5.78. The van der Waals surface area contributed by atoms with E-state index in [1.165, 1.54) is 11.3 Å². The second kappa shape index (κ2) is 6.87. The number of carboxylic acid groups (broad SMARTS) is 1. The van der Waals surface area contributed by atoms with Gasteiger partial charge in [-0.2, -0.15) is 0 Å². The Bertz CT molecular complexity index is 388. The van der Waals surface area contributed by atoms with Gasteiger partial charge in [-0.15, -0.1) is 11.3 Å². The molecule has 1 aromatic heterocycles. The predicted octanol–water partition coefficient (Wildman–Crippen LogP) is 2.12. The molecule has 1 unspecified atom stereocenters. The molecule has 1 heterocycles. The number of carbonyl (C=O) groups is 1. The second-order valence-corrected chi connectivity index (χ2v) is 6.23. The zero-order chi connectivity index (χ0) is 13.7. The van der Waals surface area contributed by atoms with Crippen LogP contribution in [0.25, 0.3) is 0 Å². The first-order valence-corrected chi connectivity index (χ1v) is 6.92. The highest BCUT2D eigenvalue weighted by Gasteiger charge is 2.14. The first-order chi connectivity index (χ1) is 8.40. The van der Waals surface area contributed by atoms with Gasteiger partial charge in [-0.3, -0.25) is 0 Å². The van der Waals surface area contributed by atoms with E-state index in [1.807, 2.05) is 6.07 Å². The molecule has 0 spiro atoms. The number of aromatic carboxylic acids is 1. The van der Waals surface area contributed by atoms with Crippen LogP contribution in [0.4, 0.5) is 0 Å². The molecule has 4 nitrogen and oxygen atoms in total. The molecule has 0 saturated carbocycles. The Morgan fingerprint density at radius 2 is 2.11 bits per heavy atom. The van der Waals surface area contributed by atoms with Crippen LogP contribution in [0.2, 0.25) is 0 Å². The predicted molar refractivity (Wildman–Crippen MR) is 75.3 cm³/mol. The summed E-state index contributed by atoms with van der Waals surface area (Å²) in [4.78, 5) is 14.4. The Morgan fingerprint density at radius 3 is 2.56 bits per heavy atom. The van der Waals surface area contributed by atoms with Gasteiger partial charge in [-0.05, 0) is 32.1 Å². The van der Waals surface area contributed by atoms with Crippen LogP contribution in [0.5, 0.6) is 0 Å². The Hall–Kier alpha value is -0.910. The molecule has 2 N–H and O–H groups in total. The summed E-state index contributed by atoms with van der Waals surface area (Å²) in [6.07, 6.45) is 0. The van der Waals surface area contributed by atoms with Crippen LogP contribution in [0, 0.1) is 5.92 Å². The summed E-state index contributed by atoms with van der Waals surface area (Å²) in [6.45, 7) is 6.10. The van der Waals surface area contributed by atoms with E-state index in [-0.39, 0.29) is 0 Å². The number of rotatable bonds is 7. The van der Waals surface area contributed by atoms with Gasteiger partial charge in [-0.1, -0.05) is 13.8 Å². The fraction of sp³-hybridized carbons (Fsp3) is 0.615. The molecule has 1 rings (SSSR count). The van der Waals surface area contributed by atoms with Crippen LogP contribution in [-0.2, 0) is 6.54 Å². The zero-order valence-corrected chi connectivity index (χ0v) is 12.3. The van der Waals surface area contributed by atoms with E-state index >= 15 is 0 Å². The lowest BCUT2D eigenvalue weighted by Crippen LogP contribution is -2.41. The van der Waals surface area contributed by atoms with Crippen molar-refractivity contribution in [2.24, 2.45) is 5.92 Å². The molecule has 0 aliphatic rings. The molecule has 0 aliphatic carbocycles. The fourth-order valence-corrected chi connectivity index (χ4v) is 2.52. The van der Waals surface area contributed by atoms with E-state index in [0.29, 0.717) is 16.8 Å². The smallest absolute Gasteiger partial charge is 0.345 e. The molecule has 1 atom stereocenters. The van der Waals surface area contributed by atoms with Crippen LogP contribution < -0.4 is 5.32 Å². The van der Waals surface area contributed by atoms with Crippen LogP contribution in [0.3, 0.4) is 0 Å². The van der Waals surface area contributed by atoms with Crippen molar-refractivity contribution in [1.82, 2.24) is 10.2 Å². The minimum Gasteiger partial charge on any atom is -0.477 e. The molecule has 0 saturated heterocycles. The van der Waals surface area contributed by atoms with Gasteiger partial charge in [0.1, 0.15) is 4.88 Å². The molecule has 18 heavy (non-hydrogen) atoms. The summed E-state index contributed by atoms with van der Waals surface area (Å²) in [6, 6.07) is 3.96. The third-order valence-corrected chi connectivity index (χ3v) is 3.85. The van der Waals surface area contributed by atoms with Gasteiger partial charge in [0, 0.05) is 24.0 Å². The van der Waals surface area contributed by atoms with Crippen LogP contribution in [-0.4, -0.2) is 42.7 Å². The Morgan fingerprint density at radius 1 is 1.44 bits per heavy atom. The van der Waals surface area contributed by atoms with Crippen molar-refractivity contribution in [3.8, 4) is 0 Å². The van der Waals surface area contributed by atoms with Crippen molar-refractivity contribution in [3.05, 3.63) is 21.9 Å². The molecular weight excluding hydrogens is 248 g/mol. The standard InChI is InChI=1S/C13H22N2O2S/c1-9(2)11(8-15(3)4)14-7-10-5-6-12(18-10)13(16)17/h5-6,9,11,14H,7-8H2,1-4H3,(H,16,17). The largest absolute Gasteiger partial charge is 0.477 e. The monoisotopic (exact) mass is 270 g/mol. The first kappa shape index (κ1) is 15.1. The topological polar surface area (TPSA) is 52.6 Å². The quantitative estimate of drug-likeness (QED) is 0.797. The van der Waals surface area contributed by atoms with E-state index in [1.54, 1.807) is 6.07 Å². The van der Waals surface area contributed by atoms with Crippen molar-refractivity contribution < 1.29 is 9.90 Å². The third-order valence-electron chi connectivity index (χ3n) is 2.78. The average molecular weight is 270 g/mol. The maximum Gasteiger partial charge on any atom is 0.345 e. The molecule has 5 heteroatoms. The Labute approximate surface area is 113 Å². The number of thiophene rings is 1. The molecule has 0 radical (unpaired) electrons. The van der Waals surface area contributed by atoms with Crippen LogP contribution in [0.15, 0.2) is 12.1 Å². The lowest BCUT2D eigenvalue weighted by molar-refractivity contribution is 0.0702. The highest BCUT2D eigenvalue weighted by molar-refractivity contribution is 7.13. The number of carboxylic acids is 1. The van der Waals surface area contributed by atoms with Crippen molar-refractivity contribution in [3.63, 3.8) is 0 Å². The van der Waals surface area contributed by atoms with Gasteiger partial charge in [-0.25, -0.2) is 4.79 Å². The third kappa shape index (κ3) is 4.76. The van der Waals surface area contributed by atoms with E-state index in [9.17, 15) is 4.79 Å². The number of likely N-dealkylation sites (N-methyl/N-ethyl adjacent to an activating group) is 1. The van der Waals surface area contributed by atoms with Gasteiger partial charge in [0.25, 0.3) is 0 Å². The van der Waals surface area contributed by atoms with Gasteiger partial charge in [0.2, 0.25) is 0 Å². The van der Waals surface area contributed by atoms with Crippen molar-refractivity contribution >= 4 is 17.3 Å². The van der Waals surface area contributed by atoms with E-state index in [2.05, 4.69) is 38.2 Å². The normalized spacial score (nSPS) is 13.2. The van der Waals surface area contributed by atoms with Crippen molar-refractivity contribution in [2.45, 2.75) is 26.4 Å². The minimum absolute atomic E-state index is 0.403. The number of nitrogens with zero attached hydrogens (tertiary/aromatic N) is 1. The van der Waals surface area contributed by atoms with E-state index < -0.39 is 5.97 Å². The lowest BCUT2D eigenvalue weighted by atomic mass is 10.0. The molecule has 0 amide bonds. The summed E-state index contributed by atoms with van der Waals surface area (Å²) in [5.74, 6) is -0.300.